The average Bonchev–Trinajstić information content (AvgIpc) is 2.28. The Labute approximate surface area is 112 Å². The van der Waals surface area contributed by atoms with Gasteiger partial charge in [0.25, 0.3) is 0 Å². The fraction of sp³-hybridized carbons (Fsp3) is 1.00. The molecule has 18 heavy (non-hydrogen) atoms. The molecule has 1 aliphatic rings. The SMILES string of the molecule is CCCC1CCCN(C(C(C)CC)C(C)(O)O)C1. The van der Waals surface area contributed by atoms with Gasteiger partial charge in [-0.15, -0.1) is 0 Å². The highest BCUT2D eigenvalue weighted by Crippen LogP contribution is 2.29. The molecule has 108 valence electrons. The molecule has 0 bridgehead atoms. The van der Waals surface area contributed by atoms with Gasteiger partial charge in [0.15, 0.2) is 5.79 Å². The van der Waals surface area contributed by atoms with Gasteiger partial charge in [0, 0.05) is 6.54 Å². The summed E-state index contributed by atoms with van der Waals surface area (Å²) in [5, 5.41) is 20.1. The van der Waals surface area contributed by atoms with Crippen molar-refractivity contribution in [3.63, 3.8) is 0 Å². The van der Waals surface area contributed by atoms with Crippen LogP contribution in [-0.4, -0.2) is 40.0 Å². The third-order valence-corrected chi connectivity index (χ3v) is 4.38. The molecule has 3 heteroatoms. The maximum Gasteiger partial charge on any atom is 0.175 e. The lowest BCUT2D eigenvalue weighted by molar-refractivity contribution is -0.208. The molecular formula is C15H31NO2. The van der Waals surface area contributed by atoms with Crippen LogP contribution in [0.25, 0.3) is 0 Å². The molecule has 0 spiro atoms. The normalized spacial score (nSPS) is 26.0. The fourth-order valence-electron chi connectivity index (χ4n) is 3.46. The highest BCUT2D eigenvalue weighted by Gasteiger charge is 2.39. The Morgan fingerprint density at radius 2 is 2.00 bits per heavy atom. The summed E-state index contributed by atoms with van der Waals surface area (Å²) in [7, 11) is 0. The van der Waals surface area contributed by atoms with E-state index in [9.17, 15) is 10.2 Å². The van der Waals surface area contributed by atoms with Gasteiger partial charge in [0.2, 0.25) is 0 Å². The van der Waals surface area contributed by atoms with Crippen LogP contribution < -0.4 is 0 Å². The van der Waals surface area contributed by atoms with Crippen LogP contribution >= 0.6 is 0 Å². The zero-order valence-electron chi connectivity index (χ0n) is 12.5. The summed E-state index contributed by atoms with van der Waals surface area (Å²) in [4.78, 5) is 2.32. The molecule has 0 aromatic rings. The number of hydrogen-bond acceptors (Lipinski definition) is 3. The smallest absolute Gasteiger partial charge is 0.175 e. The molecule has 1 aliphatic heterocycles. The van der Waals surface area contributed by atoms with Gasteiger partial charge < -0.3 is 10.2 Å². The van der Waals surface area contributed by atoms with Crippen LogP contribution in [0.5, 0.6) is 0 Å². The number of piperidine rings is 1. The topological polar surface area (TPSA) is 43.7 Å². The minimum absolute atomic E-state index is 0.137. The van der Waals surface area contributed by atoms with Gasteiger partial charge in [0.05, 0.1) is 6.04 Å². The van der Waals surface area contributed by atoms with Crippen molar-refractivity contribution < 1.29 is 10.2 Å². The number of nitrogens with zero attached hydrogens (tertiary/aromatic N) is 1. The molecule has 0 aromatic carbocycles. The van der Waals surface area contributed by atoms with Crippen molar-refractivity contribution in [1.29, 1.82) is 0 Å². The van der Waals surface area contributed by atoms with Crippen molar-refractivity contribution in [2.45, 2.75) is 71.6 Å². The Hall–Kier alpha value is -0.120. The summed E-state index contributed by atoms with van der Waals surface area (Å²) in [6.07, 6.45) is 5.95. The van der Waals surface area contributed by atoms with E-state index in [4.69, 9.17) is 0 Å². The fourth-order valence-corrected chi connectivity index (χ4v) is 3.46. The van der Waals surface area contributed by atoms with Crippen molar-refractivity contribution >= 4 is 0 Å². The Morgan fingerprint density at radius 3 is 2.50 bits per heavy atom. The molecule has 0 aliphatic carbocycles. The molecule has 3 unspecified atom stereocenters. The summed E-state index contributed by atoms with van der Waals surface area (Å²) < 4.78 is 0. The predicted octanol–water partition coefficient (Wildman–Crippen LogP) is 2.61. The quantitative estimate of drug-likeness (QED) is 0.719. The summed E-state index contributed by atoms with van der Waals surface area (Å²) in [6.45, 7) is 10.0. The Kier molecular flexibility index (Phi) is 6.09. The largest absolute Gasteiger partial charge is 0.365 e. The molecular weight excluding hydrogens is 226 g/mol. The van der Waals surface area contributed by atoms with Gasteiger partial charge in [-0.3, -0.25) is 4.90 Å². The van der Waals surface area contributed by atoms with Crippen LogP contribution in [0.4, 0.5) is 0 Å². The summed E-state index contributed by atoms with van der Waals surface area (Å²) >= 11 is 0. The highest BCUT2D eigenvalue weighted by atomic mass is 16.5. The van der Waals surface area contributed by atoms with Crippen LogP contribution in [0, 0.1) is 11.8 Å². The van der Waals surface area contributed by atoms with Crippen molar-refractivity contribution in [1.82, 2.24) is 4.90 Å². The van der Waals surface area contributed by atoms with Crippen LogP contribution in [0.3, 0.4) is 0 Å². The lowest BCUT2D eigenvalue weighted by Gasteiger charge is -2.45. The third-order valence-electron chi connectivity index (χ3n) is 4.38. The van der Waals surface area contributed by atoms with Crippen LogP contribution in [0.15, 0.2) is 0 Å². The Bertz CT molecular complexity index is 235. The minimum atomic E-state index is -1.59. The maximum absolute atomic E-state index is 10.1. The van der Waals surface area contributed by atoms with E-state index in [2.05, 4.69) is 25.7 Å². The number of hydrogen-bond donors (Lipinski definition) is 2. The van der Waals surface area contributed by atoms with Crippen molar-refractivity contribution in [3.8, 4) is 0 Å². The molecule has 1 fully saturated rings. The molecule has 1 saturated heterocycles. The van der Waals surface area contributed by atoms with Crippen LogP contribution in [0.1, 0.15) is 59.8 Å². The van der Waals surface area contributed by atoms with Gasteiger partial charge in [-0.2, -0.15) is 0 Å². The maximum atomic E-state index is 10.1. The standard InChI is InChI=1S/C15H31NO2/c1-5-8-13-9-7-10-16(11-13)14(12(3)6-2)15(4,17)18/h12-14,17-18H,5-11H2,1-4H3. The highest BCUT2D eigenvalue weighted by molar-refractivity contribution is 4.88. The lowest BCUT2D eigenvalue weighted by atomic mass is 9.86. The number of aliphatic hydroxyl groups is 2. The number of rotatable bonds is 6. The molecule has 0 amide bonds. The molecule has 3 nitrogen and oxygen atoms in total. The molecule has 0 radical (unpaired) electrons. The van der Waals surface area contributed by atoms with E-state index in [1.54, 1.807) is 0 Å². The van der Waals surface area contributed by atoms with Gasteiger partial charge in [-0.1, -0.05) is 33.6 Å². The zero-order chi connectivity index (χ0) is 13.8. The van der Waals surface area contributed by atoms with E-state index in [0.717, 1.165) is 25.4 Å². The van der Waals surface area contributed by atoms with E-state index in [1.165, 1.54) is 32.6 Å². The first-order valence-electron chi connectivity index (χ1n) is 7.58. The first-order chi connectivity index (χ1) is 8.40. The van der Waals surface area contributed by atoms with E-state index >= 15 is 0 Å². The average molecular weight is 257 g/mol. The second-order valence-corrected chi connectivity index (χ2v) is 6.22. The van der Waals surface area contributed by atoms with Crippen LogP contribution in [0.2, 0.25) is 0 Å². The van der Waals surface area contributed by atoms with Gasteiger partial charge in [-0.05, 0) is 44.6 Å². The second kappa shape index (κ2) is 6.88. The van der Waals surface area contributed by atoms with E-state index in [0.29, 0.717) is 5.92 Å². The zero-order valence-corrected chi connectivity index (χ0v) is 12.5. The molecule has 0 aromatic heterocycles. The third kappa shape index (κ3) is 4.22. The molecule has 0 saturated carbocycles. The molecule has 1 rings (SSSR count). The molecule has 1 heterocycles. The van der Waals surface area contributed by atoms with E-state index in [1.807, 2.05) is 0 Å². The van der Waals surface area contributed by atoms with Crippen molar-refractivity contribution in [2.24, 2.45) is 11.8 Å². The van der Waals surface area contributed by atoms with E-state index < -0.39 is 5.79 Å². The Morgan fingerprint density at radius 1 is 1.33 bits per heavy atom. The van der Waals surface area contributed by atoms with Gasteiger partial charge >= 0.3 is 0 Å². The van der Waals surface area contributed by atoms with Gasteiger partial charge in [-0.25, -0.2) is 0 Å². The summed E-state index contributed by atoms with van der Waals surface area (Å²) in [6, 6.07) is -0.137. The summed E-state index contributed by atoms with van der Waals surface area (Å²) in [5.74, 6) is -0.549. The number of likely N-dealkylation sites (tertiary alicyclic amines) is 1. The first kappa shape index (κ1) is 15.9. The molecule has 2 N–H and O–H groups in total. The van der Waals surface area contributed by atoms with Gasteiger partial charge in [0.1, 0.15) is 0 Å². The van der Waals surface area contributed by atoms with Crippen LogP contribution in [-0.2, 0) is 0 Å². The van der Waals surface area contributed by atoms with Crippen molar-refractivity contribution in [3.05, 3.63) is 0 Å². The predicted molar refractivity (Wildman–Crippen MR) is 75.3 cm³/mol. The lowest BCUT2D eigenvalue weighted by Crippen LogP contribution is -2.57. The Balaban J connectivity index is 2.73. The minimum Gasteiger partial charge on any atom is -0.365 e. The first-order valence-corrected chi connectivity index (χ1v) is 7.58. The van der Waals surface area contributed by atoms with Crippen molar-refractivity contribution in [2.75, 3.05) is 13.1 Å². The second-order valence-electron chi connectivity index (χ2n) is 6.22. The monoisotopic (exact) mass is 257 g/mol. The molecule has 3 atom stereocenters. The van der Waals surface area contributed by atoms with E-state index in [-0.39, 0.29) is 6.04 Å². The summed E-state index contributed by atoms with van der Waals surface area (Å²) in [5.41, 5.74) is 0.